The molecule has 88 valence electrons. The maximum Gasteiger partial charge on any atom is 0.123 e. The molecule has 0 saturated carbocycles. The van der Waals surface area contributed by atoms with Crippen molar-refractivity contribution in [2.24, 2.45) is 0 Å². The first kappa shape index (κ1) is 11.4. The van der Waals surface area contributed by atoms with Crippen LogP contribution in [0.3, 0.4) is 0 Å². The van der Waals surface area contributed by atoms with Gasteiger partial charge in [-0.1, -0.05) is 6.92 Å². The normalized spacial score (nSPS) is 15.8. The van der Waals surface area contributed by atoms with Crippen molar-refractivity contribution >= 4 is 5.69 Å². The van der Waals surface area contributed by atoms with E-state index >= 15 is 0 Å². The first-order valence-corrected chi connectivity index (χ1v) is 6.05. The Morgan fingerprint density at radius 3 is 2.75 bits per heavy atom. The van der Waals surface area contributed by atoms with Crippen LogP contribution in [0.4, 0.5) is 10.1 Å². The van der Waals surface area contributed by atoms with E-state index in [0.29, 0.717) is 0 Å². The smallest absolute Gasteiger partial charge is 0.123 e. The first-order chi connectivity index (χ1) is 7.81. The highest BCUT2D eigenvalue weighted by molar-refractivity contribution is 5.54. The summed E-state index contributed by atoms with van der Waals surface area (Å²) in [4.78, 5) is 2.35. The van der Waals surface area contributed by atoms with E-state index in [1.54, 1.807) is 12.1 Å². The summed E-state index contributed by atoms with van der Waals surface area (Å²) >= 11 is 0. The van der Waals surface area contributed by atoms with Crippen LogP contribution in [0.1, 0.15) is 25.3 Å². The van der Waals surface area contributed by atoms with Crippen molar-refractivity contribution in [1.82, 2.24) is 5.32 Å². The molecule has 1 aromatic rings. The number of halogens is 1. The molecule has 0 atom stereocenters. The van der Waals surface area contributed by atoms with Gasteiger partial charge in [0.2, 0.25) is 0 Å². The van der Waals surface area contributed by atoms with Crippen LogP contribution in [0.25, 0.3) is 0 Å². The molecular weight excluding hydrogens is 203 g/mol. The van der Waals surface area contributed by atoms with E-state index in [2.05, 4.69) is 17.1 Å². The summed E-state index contributed by atoms with van der Waals surface area (Å²) in [6.07, 6.45) is 2.50. The molecule has 0 aliphatic carbocycles. The van der Waals surface area contributed by atoms with E-state index in [9.17, 15) is 4.39 Å². The Morgan fingerprint density at radius 2 is 2.06 bits per heavy atom. The predicted molar refractivity (Wildman–Crippen MR) is 65.2 cm³/mol. The SMILES string of the molecule is CCNCc1cc(F)ccc1N1CCCC1. The molecule has 1 aromatic carbocycles. The molecule has 1 heterocycles. The minimum absolute atomic E-state index is 0.143. The molecule has 0 unspecified atom stereocenters. The van der Waals surface area contributed by atoms with E-state index in [4.69, 9.17) is 0 Å². The summed E-state index contributed by atoms with van der Waals surface area (Å²) in [6.45, 7) is 5.93. The largest absolute Gasteiger partial charge is 0.371 e. The van der Waals surface area contributed by atoms with Crippen molar-refractivity contribution in [3.63, 3.8) is 0 Å². The van der Waals surface area contributed by atoms with E-state index in [-0.39, 0.29) is 5.82 Å². The third kappa shape index (κ3) is 2.53. The number of hydrogen-bond donors (Lipinski definition) is 1. The third-order valence-corrected chi connectivity index (χ3v) is 3.05. The van der Waals surface area contributed by atoms with Crippen LogP contribution in [0.15, 0.2) is 18.2 Å². The van der Waals surface area contributed by atoms with Gasteiger partial charge in [-0.2, -0.15) is 0 Å². The van der Waals surface area contributed by atoms with Gasteiger partial charge < -0.3 is 10.2 Å². The van der Waals surface area contributed by atoms with Gasteiger partial charge in [-0.15, -0.1) is 0 Å². The van der Waals surface area contributed by atoms with Gasteiger partial charge in [0, 0.05) is 25.3 Å². The molecule has 0 bridgehead atoms. The molecule has 1 N–H and O–H groups in total. The van der Waals surface area contributed by atoms with Crippen LogP contribution < -0.4 is 10.2 Å². The summed E-state index contributed by atoms with van der Waals surface area (Å²) in [7, 11) is 0. The number of hydrogen-bond acceptors (Lipinski definition) is 2. The van der Waals surface area contributed by atoms with Crippen molar-refractivity contribution in [1.29, 1.82) is 0 Å². The van der Waals surface area contributed by atoms with E-state index in [1.807, 2.05) is 6.07 Å². The van der Waals surface area contributed by atoms with Crippen molar-refractivity contribution < 1.29 is 4.39 Å². The van der Waals surface area contributed by atoms with Crippen LogP contribution >= 0.6 is 0 Å². The Balaban J connectivity index is 2.20. The van der Waals surface area contributed by atoms with Crippen LogP contribution in [0, 0.1) is 5.82 Å². The molecule has 0 spiro atoms. The fourth-order valence-corrected chi connectivity index (χ4v) is 2.22. The second kappa shape index (κ2) is 5.30. The molecule has 2 rings (SSSR count). The molecule has 1 aliphatic rings. The maximum absolute atomic E-state index is 13.2. The Kier molecular flexibility index (Phi) is 3.78. The van der Waals surface area contributed by atoms with Crippen molar-refractivity contribution in [3.05, 3.63) is 29.6 Å². The molecular formula is C13H19FN2. The minimum Gasteiger partial charge on any atom is -0.371 e. The van der Waals surface area contributed by atoms with Crippen LogP contribution in [0.5, 0.6) is 0 Å². The predicted octanol–water partition coefficient (Wildman–Crippen LogP) is 2.54. The van der Waals surface area contributed by atoms with E-state index in [1.165, 1.54) is 18.5 Å². The van der Waals surface area contributed by atoms with E-state index < -0.39 is 0 Å². The molecule has 16 heavy (non-hydrogen) atoms. The van der Waals surface area contributed by atoms with Crippen molar-refractivity contribution in [2.75, 3.05) is 24.5 Å². The highest BCUT2D eigenvalue weighted by atomic mass is 19.1. The quantitative estimate of drug-likeness (QED) is 0.842. The number of anilines is 1. The molecule has 3 heteroatoms. The van der Waals surface area contributed by atoms with Crippen molar-refractivity contribution in [3.8, 4) is 0 Å². The summed E-state index contributed by atoms with van der Waals surface area (Å²) in [5.74, 6) is -0.143. The Labute approximate surface area is 96.5 Å². The number of nitrogens with one attached hydrogen (secondary N) is 1. The van der Waals surface area contributed by atoms with Gasteiger partial charge >= 0.3 is 0 Å². The lowest BCUT2D eigenvalue weighted by Crippen LogP contribution is -2.21. The summed E-state index contributed by atoms with van der Waals surface area (Å²) in [6, 6.07) is 5.12. The van der Waals surface area contributed by atoms with Crippen LogP contribution in [0.2, 0.25) is 0 Å². The summed E-state index contributed by atoms with van der Waals surface area (Å²) in [5.41, 5.74) is 2.27. The molecule has 0 amide bonds. The Morgan fingerprint density at radius 1 is 1.31 bits per heavy atom. The molecule has 1 fully saturated rings. The molecule has 1 saturated heterocycles. The maximum atomic E-state index is 13.2. The van der Waals surface area contributed by atoms with E-state index in [0.717, 1.165) is 31.7 Å². The average Bonchev–Trinajstić information content (AvgIpc) is 2.80. The van der Waals surface area contributed by atoms with Gasteiger partial charge in [0.25, 0.3) is 0 Å². The third-order valence-electron chi connectivity index (χ3n) is 3.05. The lowest BCUT2D eigenvalue weighted by molar-refractivity contribution is 0.621. The number of benzene rings is 1. The molecule has 2 nitrogen and oxygen atoms in total. The lowest BCUT2D eigenvalue weighted by Gasteiger charge is -2.21. The monoisotopic (exact) mass is 222 g/mol. The van der Waals surface area contributed by atoms with Crippen molar-refractivity contribution in [2.45, 2.75) is 26.3 Å². The zero-order chi connectivity index (χ0) is 11.4. The Bertz CT molecular complexity index is 346. The highest BCUT2D eigenvalue weighted by Gasteiger charge is 2.15. The molecule has 0 radical (unpaired) electrons. The van der Waals surface area contributed by atoms with Gasteiger partial charge in [0.05, 0.1) is 0 Å². The fourth-order valence-electron chi connectivity index (χ4n) is 2.22. The number of rotatable bonds is 4. The van der Waals surface area contributed by atoms with Gasteiger partial charge in [-0.05, 0) is 43.1 Å². The number of nitrogens with zero attached hydrogens (tertiary/aromatic N) is 1. The lowest BCUT2D eigenvalue weighted by atomic mass is 10.1. The second-order valence-corrected chi connectivity index (χ2v) is 4.25. The zero-order valence-electron chi connectivity index (χ0n) is 9.80. The fraction of sp³-hybridized carbons (Fsp3) is 0.538. The second-order valence-electron chi connectivity index (χ2n) is 4.25. The van der Waals surface area contributed by atoms with Crippen LogP contribution in [-0.2, 0) is 6.54 Å². The first-order valence-electron chi connectivity index (χ1n) is 6.05. The Hall–Kier alpha value is -1.09. The van der Waals surface area contributed by atoms with Gasteiger partial charge in [0.1, 0.15) is 5.82 Å². The molecule has 1 aliphatic heterocycles. The molecule has 0 aromatic heterocycles. The zero-order valence-corrected chi connectivity index (χ0v) is 9.80. The standard InChI is InChI=1S/C13H19FN2/c1-2-15-10-11-9-12(14)5-6-13(11)16-7-3-4-8-16/h5-6,9,15H,2-4,7-8,10H2,1H3. The minimum atomic E-state index is -0.143. The van der Waals surface area contributed by atoms with Gasteiger partial charge in [-0.3, -0.25) is 0 Å². The summed E-state index contributed by atoms with van der Waals surface area (Å²) in [5, 5.41) is 3.26. The van der Waals surface area contributed by atoms with Gasteiger partial charge in [-0.25, -0.2) is 4.39 Å². The van der Waals surface area contributed by atoms with Gasteiger partial charge in [0.15, 0.2) is 0 Å². The topological polar surface area (TPSA) is 15.3 Å². The summed E-state index contributed by atoms with van der Waals surface area (Å²) < 4.78 is 13.2. The highest BCUT2D eigenvalue weighted by Crippen LogP contribution is 2.25. The average molecular weight is 222 g/mol. The van der Waals surface area contributed by atoms with Crippen LogP contribution in [-0.4, -0.2) is 19.6 Å².